The highest BCUT2D eigenvalue weighted by atomic mass is 16.5. The van der Waals surface area contributed by atoms with Gasteiger partial charge < -0.3 is 10.1 Å². The maximum Gasteiger partial charge on any atom is 0.304 e. The first-order valence-corrected chi connectivity index (χ1v) is 9.80. The van der Waals surface area contributed by atoms with Crippen LogP contribution in [0.3, 0.4) is 0 Å². The normalized spacial score (nSPS) is 10.7. The number of aromatic nitrogens is 1. The van der Waals surface area contributed by atoms with Gasteiger partial charge in [-0.25, -0.2) is 0 Å². The van der Waals surface area contributed by atoms with Gasteiger partial charge in [0.05, 0.1) is 7.11 Å². The number of methoxy groups -OCH3 is 1. The predicted octanol–water partition coefficient (Wildman–Crippen LogP) is 1.60. The molecule has 0 radical (unpaired) electrons. The van der Waals surface area contributed by atoms with Gasteiger partial charge in [0.2, 0.25) is 6.54 Å². The van der Waals surface area contributed by atoms with Gasteiger partial charge in [0.15, 0.2) is 12.4 Å². The standard InChI is InChI=1S/C24H22N4O4/c1-32-20-12-8-9-18(15-20)16-21(25-23(30)19-10-4-2-5-11-19)24(31)27-26-22(29)17-28-13-6-3-7-14-28/h2-16H,17H2,1H3,(H2-,25,26,27,29,30,31)/p+1/b21-16+. The molecule has 0 saturated carbocycles. The summed E-state index contributed by atoms with van der Waals surface area (Å²) in [5, 5.41) is 2.61. The van der Waals surface area contributed by atoms with Gasteiger partial charge in [-0.1, -0.05) is 36.4 Å². The number of nitrogens with zero attached hydrogens (tertiary/aromatic N) is 1. The third-order valence-electron chi connectivity index (χ3n) is 4.35. The lowest BCUT2D eigenvalue weighted by molar-refractivity contribution is -0.684. The van der Waals surface area contributed by atoms with Gasteiger partial charge in [-0.15, -0.1) is 0 Å². The topological polar surface area (TPSA) is 100 Å². The number of benzene rings is 2. The average molecular weight is 431 g/mol. The van der Waals surface area contributed by atoms with Gasteiger partial charge in [0.25, 0.3) is 11.8 Å². The van der Waals surface area contributed by atoms with Crippen LogP contribution in [0.2, 0.25) is 0 Å². The molecule has 0 unspecified atom stereocenters. The second-order valence-corrected chi connectivity index (χ2v) is 6.70. The number of ether oxygens (including phenoxy) is 1. The molecule has 0 fully saturated rings. The Labute approximate surface area is 185 Å². The smallest absolute Gasteiger partial charge is 0.304 e. The molecule has 0 aliphatic heterocycles. The summed E-state index contributed by atoms with van der Waals surface area (Å²) in [6, 6.07) is 20.9. The van der Waals surface area contributed by atoms with Crippen molar-refractivity contribution >= 4 is 23.8 Å². The van der Waals surface area contributed by atoms with E-state index in [0.29, 0.717) is 16.9 Å². The van der Waals surface area contributed by atoms with E-state index in [4.69, 9.17) is 4.74 Å². The molecule has 0 atom stereocenters. The Morgan fingerprint density at radius 1 is 0.906 bits per heavy atom. The minimum atomic E-state index is -0.677. The van der Waals surface area contributed by atoms with Gasteiger partial charge in [-0.05, 0) is 35.9 Å². The molecule has 3 N–H and O–H groups in total. The van der Waals surface area contributed by atoms with Crippen molar-refractivity contribution in [1.82, 2.24) is 16.2 Å². The molecule has 1 heterocycles. The summed E-state index contributed by atoms with van der Waals surface area (Å²) < 4.78 is 6.86. The van der Waals surface area contributed by atoms with Gasteiger partial charge in [0, 0.05) is 17.7 Å². The molecule has 3 amide bonds. The highest BCUT2D eigenvalue weighted by molar-refractivity contribution is 6.05. The molecule has 0 saturated heterocycles. The fraction of sp³-hybridized carbons (Fsp3) is 0.0833. The summed E-state index contributed by atoms with van der Waals surface area (Å²) in [5.74, 6) is -0.963. The molecule has 8 nitrogen and oxygen atoms in total. The highest BCUT2D eigenvalue weighted by Gasteiger charge is 2.16. The summed E-state index contributed by atoms with van der Waals surface area (Å²) in [6.45, 7) is 0.0203. The predicted molar refractivity (Wildman–Crippen MR) is 118 cm³/mol. The van der Waals surface area contributed by atoms with Gasteiger partial charge in [-0.3, -0.25) is 25.2 Å². The van der Waals surface area contributed by atoms with Crippen molar-refractivity contribution in [3.8, 4) is 5.75 Å². The van der Waals surface area contributed by atoms with E-state index in [1.807, 2.05) is 6.07 Å². The molecule has 0 bridgehead atoms. The Morgan fingerprint density at radius 2 is 1.62 bits per heavy atom. The van der Waals surface area contributed by atoms with Gasteiger partial charge in [0.1, 0.15) is 11.4 Å². The van der Waals surface area contributed by atoms with Crippen LogP contribution in [0.1, 0.15) is 15.9 Å². The van der Waals surface area contributed by atoms with Crippen LogP contribution in [-0.2, 0) is 16.1 Å². The van der Waals surface area contributed by atoms with Crippen molar-refractivity contribution in [2.45, 2.75) is 6.54 Å². The molecular formula is C24H23N4O4+. The third-order valence-corrected chi connectivity index (χ3v) is 4.35. The number of hydrogen-bond acceptors (Lipinski definition) is 4. The minimum absolute atomic E-state index is 0.0203. The van der Waals surface area contributed by atoms with Crippen molar-refractivity contribution in [2.24, 2.45) is 0 Å². The minimum Gasteiger partial charge on any atom is -0.497 e. The number of carbonyl (C=O) groups excluding carboxylic acids is 3. The number of nitrogens with one attached hydrogen (secondary N) is 3. The number of carbonyl (C=O) groups is 3. The molecular weight excluding hydrogens is 408 g/mol. The summed E-state index contributed by atoms with van der Waals surface area (Å²) in [6.07, 6.45) is 4.96. The van der Waals surface area contributed by atoms with Crippen LogP contribution in [0.5, 0.6) is 5.75 Å². The first kappa shape index (κ1) is 22.2. The first-order chi connectivity index (χ1) is 15.5. The van der Waals surface area contributed by atoms with Crippen LogP contribution >= 0.6 is 0 Å². The number of rotatable bonds is 7. The van der Waals surface area contributed by atoms with Crippen molar-refractivity contribution in [3.05, 3.63) is 102 Å². The number of hydrogen-bond donors (Lipinski definition) is 3. The van der Waals surface area contributed by atoms with E-state index in [1.165, 1.54) is 13.2 Å². The highest BCUT2D eigenvalue weighted by Crippen LogP contribution is 2.15. The molecule has 0 aliphatic carbocycles. The van der Waals surface area contributed by atoms with E-state index in [1.54, 1.807) is 83.7 Å². The first-order valence-electron chi connectivity index (χ1n) is 9.80. The summed E-state index contributed by atoms with van der Waals surface area (Å²) in [7, 11) is 1.54. The molecule has 0 aliphatic rings. The van der Waals surface area contributed by atoms with Crippen molar-refractivity contribution < 1.29 is 23.7 Å². The van der Waals surface area contributed by atoms with E-state index in [2.05, 4.69) is 16.2 Å². The molecule has 8 heteroatoms. The second kappa shape index (κ2) is 11.1. The molecule has 0 spiro atoms. The zero-order chi connectivity index (χ0) is 22.8. The molecule has 32 heavy (non-hydrogen) atoms. The SMILES string of the molecule is COc1cccc(/C=C(/NC(=O)c2ccccc2)C(=O)NNC(=O)C[n+]2ccccc2)c1. The zero-order valence-electron chi connectivity index (χ0n) is 17.4. The Kier molecular flexibility index (Phi) is 7.69. The van der Waals surface area contributed by atoms with Crippen molar-refractivity contribution in [3.63, 3.8) is 0 Å². The molecule has 1 aromatic heterocycles. The summed E-state index contributed by atoms with van der Waals surface area (Å²) in [5.41, 5.74) is 5.68. The largest absolute Gasteiger partial charge is 0.497 e. The van der Waals surface area contributed by atoms with E-state index < -0.39 is 17.7 Å². The van der Waals surface area contributed by atoms with Crippen LogP contribution in [0, 0.1) is 0 Å². The van der Waals surface area contributed by atoms with Crippen molar-refractivity contribution in [2.75, 3.05) is 7.11 Å². The van der Waals surface area contributed by atoms with E-state index in [0.717, 1.165) is 0 Å². The number of hydrazine groups is 1. The van der Waals surface area contributed by atoms with Crippen LogP contribution in [0.25, 0.3) is 6.08 Å². The molecule has 3 rings (SSSR count). The van der Waals surface area contributed by atoms with E-state index >= 15 is 0 Å². The fourth-order valence-electron chi connectivity index (χ4n) is 2.78. The Hall–Kier alpha value is -4.46. The maximum absolute atomic E-state index is 12.8. The lowest BCUT2D eigenvalue weighted by Gasteiger charge is -2.12. The molecule has 162 valence electrons. The van der Waals surface area contributed by atoms with Crippen LogP contribution in [0.4, 0.5) is 0 Å². The molecule has 3 aromatic rings. The quantitative estimate of drug-likeness (QED) is 0.301. The third kappa shape index (κ3) is 6.53. The van der Waals surface area contributed by atoms with Crippen LogP contribution in [0.15, 0.2) is 90.9 Å². The zero-order valence-corrected chi connectivity index (χ0v) is 17.4. The van der Waals surface area contributed by atoms with Gasteiger partial charge >= 0.3 is 5.91 Å². The van der Waals surface area contributed by atoms with Crippen molar-refractivity contribution in [1.29, 1.82) is 0 Å². The maximum atomic E-state index is 12.8. The van der Waals surface area contributed by atoms with Gasteiger partial charge in [-0.2, -0.15) is 4.57 Å². The van der Waals surface area contributed by atoms with E-state index in [9.17, 15) is 14.4 Å². The Morgan fingerprint density at radius 3 is 2.34 bits per heavy atom. The monoisotopic (exact) mass is 431 g/mol. The molecule has 2 aromatic carbocycles. The fourth-order valence-corrected chi connectivity index (χ4v) is 2.78. The van der Waals surface area contributed by atoms with E-state index in [-0.39, 0.29) is 12.2 Å². The Bertz CT molecular complexity index is 1120. The number of amides is 3. The lowest BCUT2D eigenvalue weighted by atomic mass is 10.1. The average Bonchev–Trinajstić information content (AvgIpc) is 2.83. The summed E-state index contributed by atoms with van der Waals surface area (Å²) >= 11 is 0. The lowest BCUT2D eigenvalue weighted by Crippen LogP contribution is -2.50. The van der Waals surface area contributed by atoms with Crippen LogP contribution < -0.4 is 25.5 Å². The number of pyridine rings is 1. The Balaban J connectivity index is 1.74. The van der Waals surface area contributed by atoms with Crippen LogP contribution in [-0.4, -0.2) is 24.8 Å². The summed E-state index contributed by atoms with van der Waals surface area (Å²) in [4.78, 5) is 37.5. The second-order valence-electron chi connectivity index (χ2n) is 6.70.